The smallest absolute Gasteiger partial charge is 0.158 e. The Kier molecular flexibility index (Phi) is 4.08. The lowest BCUT2D eigenvalue weighted by atomic mass is 9.97. The summed E-state index contributed by atoms with van der Waals surface area (Å²) in [5.41, 5.74) is 1.18. The Hall–Kier alpha value is -0.890. The largest absolute Gasteiger partial charge is 0.295 e. The highest BCUT2D eigenvalue weighted by atomic mass is 79.9. The molecule has 0 aliphatic heterocycles. The van der Waals surface area contributed by atoms with Crippen molar-refractivity contribution in [3.8, 4) is 0 Å². The average molecular weight is 253 g/mol. The molecule has 0 radical (unpaired) electrons. The predicted molar refractivity (Wildman–Crippen MR) is 62.2 cm³/mol. The Morgan fingerprint density at radius 3 is 2.57 bits per heavy atom. The van der Waals surface area contributed by atoms with Gasteiger partial charge in [0.25, 0.3) is 0 Å². The van der Waals surface area contributed by atoms with E-state index in [1.165, 1.54) is 11.6 Å². The second kappa shape index (κ2) is 5.11. The minimum Gasteiger partial charge on any atom is -0.295 e. The minimum absolute atomic E-state index is 0.0219. The molecule has 1 aromatic carbocycles. The summed E-state index contributed by atoms with van der Waals surface area (Å²) in [4.78, 5) is 11.3. The second-order valence-electron chi connectivity index (χ2n) is 3.34. The zero-order valence-corrected chi connectivity index (χ0v) is 9.75. The van der Waals surface area contributed by atoms with E-state index in [0.29, 0.717) is 0 Å². The van der Waals surface area contributed by atoms with E-state index >= 15 is 0 Å². The van der Waals surface area contributed by atoms with Crippen LogP contribution in [0.4, 0.5) is 0 Å². The zero-order chi connectivity index (χ0) is 10.6. The first kappa shape index (κ1) is 11.2. The van der Waals surface area contributed by atoms with Crippen molar-refractivity contribution in [2.24, 2.45) is 5.92 Å². The Morgan fingerprint density at radius 1 is 1.50 bits per heavy atom. The molecule has 0 saturated carbocycles. The van der Waals surface area contributed by atoms with E-state index < -0.39 is 0 Å². The van der Waals surface area contributed by atoms with Crippen molar-refractivity contribution in [2.75, 3.05) is 0 Å². The molecule has 0 aliphatic carbocycles. The molecule has 0 fully saturated rings. The first-order valence-corrected chi connectivity index (χ1v) is 5.33. The maximum Gasteiger partial charge on any atom is 0.158 e. The van der Waals surface area contributed by atoms with E-state index in [-0.39, 0.29) is 11.7 Å². The van der Waals surface area contributed by atoms with Crippen molar-refractivity contribution in [1.82, 2.24) is 0 Å². The van der Waals surface area contributed by atoms with Crippen molar-refractivity contribution in [2.45, 2.75) is 13.3 Å². The van der Waals surface area contributed by atoms with Gasteiger partial charge in [-0.25, -0.2) is 0 Å². The van der Waals surface area contributed by atoms with Crippen LogP contribution in [0, 0.1) is 5.92 Å². The SMILES string of the molecule is C=CC(=O)C(C)Cc1ccc(Br)cc1. The van der Waals surface area contributed by atoms with Gasteiger partial charge < -0.3 is 0 Å². The number of rotatable bonds is 4. The highest BCUT2D eigenvalue weighted by Crippen LogP contribution is 2.14. The molecule has 1 atom stereocenters. The molecular formula is C12H13BrO. The maximum absolute atomic E-state index is 11.3. The molecule has 0 spiro atoms. The third kappa shape index (κ3) is 3.11. The second-order valence-corrected chi connectivity index (χ2v) is 4.25. The highest BCUT2D eigenvalue weighted by molar-refractivity contribution is 9.10. The van der Waals surface area contributed by atoms with Crippen LogP contribution in [0.25, 0.3) is 0 Å². The number of allylic oxidation sites excluding steroid dienone is 1. The van der Waals surface area contributed by atoms with Gasteiger partial charge in [-0.3, -0.25) is 4.79 Å². The average Bonchev–Trinajstić information content (AvgIpc) is 2.20. The van der Waals surface area contributed by atoms with Crippen molar-refractivity contribution in [3.05, 3.63) is 47.0 Å². The Labute approximate surface area is 93.0 Å². The van der Waals surface area contributed by atoms with Crippen LogP contribution in [0.1, 0.15) is 12.5 Å². The molecule has 0 aliphatic rings. The molecule has 2 heteroatoms. The molecule has 0 saturated heterocycles. The number of hydrogen-bond donors (Lipinski definition) is 0. The summed E-state index contributed by atoms with van der Waals surface area (Å²) in [6.45, 7) is 5.40. The van der Waals surface area contributed by atoms with E-state index in [0.717, 1.165) is 10.9 Å². The molecular weight excluding hydrogens is 240 g/mol. The number of carbonyl (C=O) groups is 1. The summed E-state index contributed by atoms with van der Waals surface area (Å²) in [6.07, 6.45) is 2.17. The van der Waals surface area contributed by atoms with Gasteiger partial charge >= 0.3 is 0 Å². The molecule has 1 aromatic rings. The summed E-state index contributed by atoms with van der Waals surface area (Å²) in [5, 5.41) is 0. The predicted octanol–water partition coefficient (Wildman–Crippen LogP) is 3.38. The van der Waals surface area contributed by atoms with Crippen LogP contribution in [-0.2, 0) is 11.2 Å². The molecule has 0 N–H and O–H groups in total. The zero-order valence-electron chi connectivity index (χ0n) is 8.16. The summed E-state index contributed by atoms with van der Waals surface area (Å²) < 4.78 is 1.06. The third-order valence-electron chi connectivity index (χ3n) is 2.14. The summed E-state index contributed by atoms with van der Waals surface area (Å²) in [5.74, 6) is 0.126. The molecule has 0 amide bonds. The minimum atomic E-state index is 0.0219. The van der Waals surface area contributed by atoms with Gasteiger partial charge in [0.2, 0.25) is 0 Å². The molecule has 0 aromatic heterocycles. The lowest BCUT2D eigenvalue weighted by Crippen LogP contribution is -2.10. The Balaban J connectivity index is 2.64. The lowest BCUT2D eigenvalue weighted by molar-refractivity contribution is -0.117. The first-order chi connectivity index (χ1) is 6.63. The summed E-state index contributed by atoms with van der Waals surface area (Å²) in [7, 11) is 0. The molecule has 0 heterocycles. The van der Waals surface area contributed by atoms with Crippen molar-refractivity contribution < 1.29 is 4.79 Å². The van der Waals surface area contributed by atoms with Crippen LogP contribution in [0.2, 0.25) is 0 Å². The van der Waals surface area contributed by atoms with Gasteiger partial charge in [0, 0.05) is 10.4 Å². The van der Waals surface area contributed by atoms with E-state index in [9.17, 15) is 4.79 Å². The van der Waals surface area contributed by atoms with Gasteiger partial charge in [-0.2, -0.15) is 0 Å². The quantitative estimate of drug-likeness (QED) is 0.752. The number of benzene rings is 1. The van der Waals surface area contributed by atoms with E-state index in [2.05, 4.69) is 22.5 Å². The Bertz CT molecular complexity index is 327. The third-order valence-corrected chi connectivity index (χ3v) is 2.67. The number of hydrogen-bond acceptors (Lipinski definition) is 1. The standard InChI is InChI=1S/C12H13BrO/c1-3-12(14)9(2)8-10-4-6-11(13)7-5-10/h3-7,9H,1,8H2,2H3. The van der Waals surface area contributed by atoms with Gasteiger partial charge in [-0.1, -0.05) is 41.6 Å². The lowest BCUT2D eigenvalue weighted by Gasteiger charge is -2.07. The Morgan fingerprint density at radius 2 is 2.07 bits per heavy atom. The molecule has 1 nitrogen and oxygen atoms in total. The van der Waals surface area contributed by atoms with Gasteiger partial charge in [-0.15, -0.1) is 0 Å². The van der Waals surface area contributed by atoms with Gasteiger partial charge in [0.05, 0.1) is 0 Å². The number of halogens is 1. The van der Waals surface area contributed by atoms with Crippen molar-refractivity contribution in [1.29, 1.82) is 0 Å². The molecule has 74 valence electrons. The fourth-order valence-corrected chi connectivity index (χ4v) is 1.54. The fourth-order valence-electron chi connectivity index (χ4n) is 1.28. The molecule has 1 rings (SSSR count). The monoisotopic (exact) mass is 252 g/mol. The molecule has 0 bridgehead atoms. The van der Waals surface area contributed by atoms with Crippen LogP contribution >= 0.6 is 15.9 Å². The molecule has 14 heavy (non-hydrogen) atoms. The van der Waals surface area contributed by atoms with Crippen molar-refractivity contribution in [3.63, 3.8) is 0 Å². The fraction of sp³-hybridized carbons (Fsp3) is 0.250. The first-order valence-electron chi connectivity index (χ1n) is 4.54. The van der Waals surface area contributed by atoms with E-state index in [1.54, 1.807) is 0 Å². The molecule has 1 unspecified atom stereocenters. The van der Waals surface area contributed by atoms with Crippen LogP contribution in [-0.4, -0.2) is 5.78 Å². The maximum atomic E-state index is 11.3. The number of ketones is 1. The van der Waals surface area contributed by atoms with E-state index in [1.807, 2.05) is 31.2 Å². The van der Waals surface area contributed by atoms with Crippen LogP contribution in [0.5, 0.6) is 0 Å². The van der Waals surface area contributed by atoms with Gasteiger partial charge in [-0.05, 0) is 30.2 Å². The summed E-state index contributed by atoms with van der Waals surface area (Å²) >= 11 is 3.37. The van der Waals surface area contributed by atoms with Crippen LogP contribution < -0.4 is 0 Å². The highest BCUT2D eigenvalue weighted by Gasteiger charge is 2.09. The van der Waals surface area contributed by atoms with Gasteiger partial charge in [0.15, 0.2) is 5.78 Å². The van der Waals surface area contributed by atoms with E-state index in [4.69, 9.17) is 0 Å². The van der Waals surface area contributed by atoms with Crippen molar-refractivity contribution >= 4 is 21.7 Å². The number of carbonyl (C=O) groups excluding carboxylic acids is 1. The van der Waals surface area contributed by atoms with Crippen LogP contribution in [0.3, 0.4) is 0 Å². The van der Waals surface area contributed by atoms with Crippen LogP contribution in [0.15, 0.2) is 41.4 Å². The van der Waals surface area contributed by atoms with Gasteiger partial charge in [0.1, 0.15) is 0 Å². The normalized spacial score (nSPS) is 12.1. The summed E-state index contributed by atoms with van der Waals surface area (Å²) in [6, 6.07) is 8.02. The topological polar surface area (TPSA) is 17.1 Å².